The summed E-state index contributed by atoms with van der Waals surface area (Å²) in [5.74, 6) is -1.57. The lowest BCUT2D eigenvalue weighted by Crippen LogP contribution is -2.29. The molecular weight excluding hydrogens is 456 g/mol. The first-order valence-corrected chi connectivity index (χ1v) is 10.8. The zero-order valence-electron chi connectivity index (χ0n) is 17.2. The highest BCUT2D eigenvalue weighted by molar-refractivity contribution is 9.10. The van der Waals surface area contributed by atoms with Crippen molar-refractivity contribution in [2.75, 3.05) is 4.90 Å². The molecule has 6 heteroatoms. The molecule has 0 bridgehead atoms. The van der Waals surface area contributed by atoms with Crippen LogP contribution in [0.5, 0.6) is 0 Å². The Labute approximate surface area is 189 Å². The smallest absolute Gasteiger partial charge is 0.300 e. The van der Waals surface area contributed by atoms with Crippen LogP contribution >= 0.6 is 15.9 Å². The van der Waals surface area contributed by atoms with Gasteiger partial charge in [0, 0.05) is 28.1 Å². The number of nitrogens with zero attached hydrogens (tertiary/aromatic N) is 2. The Hall–Kier alpha value is -3.25. The number of Topliss-reactive ketones (excluding diaryl/α,β-unsaturated/α-hetero) is 1. The van der Waals surface area contributed by atoms with Crippen LogP contribution in [0, 0.1) is 6.92 Å². The average Bonchev–Trinajstić information content (AvgIpc) is 3.06. The number of benzene rings is 2. The van der Waals surface area contributed by atoms with Crippen LogP contribution in [0.4, 0.5) is 5.69 Å². The first kappa shape index (κ1) is 21.0. The summed E-state index contributed by atoms with van der Waals surface area (Å²) in [6, 6.07) is 15.6. The molecule has 1 fully saturated rings. The van der Waals surface area contributed by atoms with Crippen molar-refractivity contribution in [3.8, 4) is 0 Å². The van der Waals surface area contributed by atoms with Crippen LogP contribution in [0.3, 0.4) is 0 Å². The van der Waals surface area contributed by atoms with Crippen LogP contribution in [0.1, 0.15) is 35.2 Å². The van der Waals surface area contributed by atoms with Gasteiger partial charge in [-0.1, -0.05) is 41.1 Å². The maximum absolute atomic E-state index is 13.1. The molecule has 1 atom stereocenters. The zero-order valence-corrected chi connectivity index (χ0v) is 18.8. The Morgan fingerprint density at radius 3 is 2.35 bits per heavy atom. The van der Waals surface area contributed by atoms with Gasteiger partial charge < -0.3 is 5.11 Å². The molecule has 31 heavy (non-hydrogen) atoms. The van der Waals surface area contributed by atoms with Crippen molar-refractivity contribution in [2.24, 2.45) is 0 Å². The van der Waals surface area contributed by atoms with E-state index in [1.165, 1.54) is 4.90 Å². The molecule has 1 aliphatic heterocycles. The average molecular weight is 477 g/mol. The molecule has 5 nitrogen and oxygen atoms in total. The van der Waals surface area contributed by atoms with Crippen LogP contribution in [0.25, 0.3) is 5.76 Å². The van der Waals surface area contributed by atoms with E-state index in [-0.39, 0.29) is 11.3 Å². The first-order chi connectivity index (χ1) is 14.9. The Morgan fingerprint density at radius 1 is 1.06 bits per heavy atom. The van der Waals surface area contributed by atoms with E-state index in [4.69, 9.17) is 0 Å². The van der Waals surface area contributed by atoms with Gasteiger partial charge in [0.15, 0.2) is 0 Å². The summed E-state index contributed by atoms with van der Waals surface area (Å²) < 4.78 is 0.895. The second kappa shape index (κ2) is 8.47. The topological polar surface area (TPSA) is 70.5 Å². The molecule has 1 amide bonds. The van der Waals surface area contributed by atoms with Gasteiger partial charge >= 0.3 is 0 Å². The number of rotatable bonds is 4. The number of halogens is 1. The second-order valence-electron chi connectivity index (χ2n) is 7.43. The number of anilines is 1. The van der Waals surface area contributed by atoms with Crippen LogP contribution < -0.4 is 4.90 Å². The monoisotopic (exact) mass is 476 g/mol. The minimum atomic E-state index is -0.751. The van der Waals surface area contributed by atoms with Gasteiger partial charge in [-0.15, -0.1) is 0 Å². The lowest BCUT2D eigenvalue weighted by Gasteiger charge is -2.25. The van der Waals surface area contributed by atoms with E-state index >= 15 is 0 Å². The van der Waals surface area contributed by atoms with Crippen LogP contribution in [-0.2, 0) is 16.0 Å². The summed E-state index contributed by atoms with van der Waals surface area (Å²) in [6.07, 6.45) is 4.09. The molecule has 1 saturated heterocycles. The third-order valence-corrected chi connectivity index (χ3v) is 6.41. The molecule has 1 unspecified atom stereocenters. The molecule has 2 heterocycles. The number of aliphatic hydroxyl groups excluding tert-OH is 1. The number of ketones is 1. The van der Waals surface area contributed by atoms with Gasteiger partial charge in [-0.3, -0.25) is 19.5 Å². The number of aromatic nitrogens is 1. The number of hydrogen-bond donors (Lipinski definition) is 1. The number of pyridine rings is 1. The minimum absolute atomic E-state index is 0.0671. The highest BCUT2D eigenvalue weighted by Crippen LogP contribution is 2.42. The number of carbonyl (C=O) groups excluding carboxylic acids is 2. The fourth-order valence-electron chi connectivity index (χ4n) is 3.80. The Balaban J connectivity index is 1.92. The lowest BCUT2D eigenvalue weighted by atomic mass is 9.95. The van der Waals surface area contributed by atoms with Crippen molar-refractivity contribution in [1.82, 2.24) is 4.98 Å². The van der Waals surface area contributed by atoms with Crippen molar-refractivity contribution in [1.29, 1.82) is 0 Å². The third-order valence-electron chi connectivity index (χ3n) is 5.52. The van der Waals surface area contributed by atoms with E-state index in [1.807, 2.05) is 37.3 Å². The highest BCUT2D eigenvalue weighted by Gasteiger charge is 2.46. The summed E-state index contributed by atoms with van der Waals surface area (Å²) >= 11 is 3.45. The summed E-state index contributed by atoms with van der Waals surface area (Å²) in [7, 11) is 0. The van der Waals surface area contributed by atoms with Gasteiger partial charge in [0.2, 0.25) is 0 Å². The number of aryl methyl sites for hydroxylation is 2. The zero-order chi connectivity index (χ0) is 22.1. The second-order valence-corrected chi connectivity index (χ2v) is 8.29. The largest absolute Gasteiger partial charge is 0.507 e. The van der Waals surface area contributed by atoms with Crippen LogP contribution in [0.2, 0.25) is 0 Å². The van der Waals surface area contributed by atoms with E-state index in [9.17, 15) is 14.7 Å². The SMILES string of the molecule is CCc1ccc(N2C(=O)C(=O)/C(=C(\O)c3ccc(Br)c(C)c3)C2c2ccncc2)cc1. The minimum Gasteiger partial charge on any atom is -0.507 e. The summed E-state index contributed by atoms with van der Waals surface area (Å²) in [6.45, 7) is 3.95. The van der Waals surface area contributed by atoms with Crippen molar-refractivity contribution in [3.05, 3.63) is 99.3 Å². The molecule has 156 valence electrons. The summed E-state index contributed by atoms with van der Waals surface area (Å²) in [4.78, 5) is 31.8. The fraction of sp³-hybridized carbons (Fsp3) is 0.160. The van der Waals surface area contributed by atoms with E-state index in [1.54, 1.807) is 36.7 Å². The van der Waals surface area contributed by atoms with E-state index in [0.29, 0.717) is 16.8 Å². The van der Waals surface area contributed by atoms with Crippen molar-refractivity contribution < 1.29 is 14.7 Å². The van der Waals surface area contributed by atoms with Gasteiger partial charge in [-0.25, -0.2) is 0 Å². The summed E-state index contributed by atoms with van der Waals surface area (Å²) in [5.41, 5.74) is 3.90. The van der Waals surface area contributed by atoms with E-state index in [0.717, 1.165) is 22.0 Å². The van der Waals surface area contributed by atoms with Gasteiger partial charge in [-0.2, -0.15) is 0 Å². The normalized spacial score (nSPS) is 17.9. The Kier molecular flexibility index (Phi) is 5.74. The number of aliphatic hydroxyl groups is 1. The predicted molar refractivity (Wildman–Crippen MR) is 124 cm³/mol. The van der Waals surface area contributed by atoms with Crippen molar-refractivity contribution in [2.45, 2.75) is 26.3 Å². The molecule has 0 aliphatic carbocycles. The fourth-order valence-corrected chi connectivity index (χ4v) is 4.05. The third kappa shape index (κ3) is 3.79. The molecule has 3 aromatic rings. The highest BCUT2D eigenvalue weighted by atomic mass is 79.9. The predicted octanol–water partition coefficient (Wildman–Crippen LogP) is 5.34. The number of amides is 1. The number of hydrogen-bond acceptors (Lipinski definition) is 4. The maximum atomic E-state index is 13.1. The van der Waals surface area contributed by atoms with E-state index < -0.39 is 17.7 Å². The van der Waals surface area contributed by atoms with Crippen LogP contribution in [0.15, 0.2) is 77.0 Å². The molecule has 4 rings (SSSR count). The van der Waals surface area contributed by atoms with E-state index in [2.05, 4.69) is 27.8 Å². The molecule has 2 aromatic carbocycles. The van der Waals surface area contributed by atoms with Gasteiger partial charge in [0.1, 0.15) is 5.76 Å². The molecule has 0 spiro atoms. The molecule has 1 aliphatic rings. The molecule has 0 saturated carbocycles. The van der Waals surface area contributed by atoms with Gasteiger partial charge in [0.25, 0.3) is 11.7 Å². The standard InChI is InChI=1S/C25H21BrN2O3/c1-3-16-4-7-19(8-5-16)28-22(17-10-12-27-13-11-17)21(24(30)25(28)31)23(29)18-6-9-20(26)15(2)14-18/h4-14,22,29H,3H2,1-2H3/b23-21-. The quantitative estimate of drug-likeness (QED) is 0.313. The van der Waals surface area contributed by atoms with Crippen molar-refractivity contribution >= 4 is 39.1 Å². The summed E-state index contributed by atoms with van der Waals surface area (Å²) in [5, 5.41) is 11.2. The van der Waals surface area contributed by atoms with Gasteiger partial charge in [0.05, 0.1) is 11.6 Å². The number of carbonyl (C=O) groups is 2. The Bertz CT molecular complexity index is 1190. The maximum Gasteiger partial charge on any atom is 0.300 e. The lowest BCUT2D eigenvalue weighted by molar-refractivity contribution is -0.132. The molecular formula is C25H21BrN2O3. The van der Waals surface area contributed by atoms with Crippen molar-refractivity contribution in [3.63, 3.8) is 0 Å². The Morgan fingerprint density at radius 2 is 1.74 bits per heavy atom. The molecule has 0 radical (unpaired) electrons. The van der Waals surface area contributed by atoms with Gasteiger partial charge in [-0.05, 0) is 66.4 Å². The van der Waals surface area contributed by atoms with Crippen LogP contribution in [-0.4, -0.2) is 21.8 Å². The molecule has 1 N–H and O–H groups in total. The molecule has 1 aromatic heterocycles. The first-order valence-electron chi connectivity index (χ1n) is 9.98.